The topological polar surface area (TPSA) is 64.6 Å². The normalized spacial score (nSPS) is 13.1. The molecular weight excluding hydrogens is 258 g/mol. The van der Waals surface area contributed by atoms with Crippen LogP contribution in [0.25, 0.3) is 0 Å². The average Bonchev–Trinajstić information content (AvgIpc) is 2.13. The summed E-state index contributed by atoms with van der Waals surface area (Å²) >= 11 is 5.33. The zero-order valence-electron chi connectivity index (χ0n) is 11.6. The Hall–Kier alpha value is -0.970. The van der Waals surface area contributed by atoms with Crippen LogP contribution in [-0.4, -0.2) is 29.8 Å². The van der Waals surface area contributed by atoms with Crippen molar-refractivity contribution in [3.8, 4) is 0 Å². The highest BCUT2D eigenvalue weighted by Gasteiger charge is 2.26. The second-order valence-electron chi connectivity index (χ2n) is 5.40. The molecule has 0 aromatic rings. The minimum atomic E-state index is -0.737. The Balaban J connectivity index is 4.49. The molecule has 0 saturated heterocycles. The minimum absolute atomic E-state index is 0.229. The number of alkyl halides is 1. The van der Waals surface area contributed by atoms with Crippen LogP contribution in [0.2, 0.25) is 0 Å². The number of ether oxygens (including phenoxy) is 2. The van der Waals surface area contributed by atoms with Crippen molar-refractivity contribution in [1.29, 1.82) is 0 Å². The zero-order chi connectivity index (χ0) is 14.3. The number of amides is 1. The van der Waals surface area contributed by atoms with E-state index in [0.29, 0.717) is 6.42 Å². The van der Waals surface area contributed by atoms with Gasteiger partial charge < -0.3 is 14.8 Å². The number of hydrogen-bond acceptors (Lipinski definition) is 4. The predicted molar refractivity (Wildman–Crippen MR) is 69.4 cm³/mol. The van der Waals surface area contributed by atoms with E-state index in [2.05, 4.69) is 5.32 Å². The highest BCUT2D eigenvalue weighted by Crippen LogP contribution is 2.10. The first kappa shape index (κ1) is 17.0. The van der Waals surface area contributed by atoms with Crippen molar-refractivity contribution in [2.45, 2.75) is 52.7 Å². The molecule has 0 saturated carbocycles. The lowest BCUT2D eigenvalue weighted by atomic mass is 10.0. The Labute approximate surface area is 113 Å². The predicted octanol–water partition coefficient (Wildman–Crippen LogP) is 2.67. The molecule has 0 aromatic carbocycles. The van der Waals surface area contributed by atoms with Gasteiger partial charge in [0.25, 0.3) is 0 Å². The molecule has 1 unspecified atom stereocenters. The van der Waals surface area contributed by atoms with Crippen LogP contribution in [0.3, 0.4) is 0 Å². The Morgan fingerprint density at radius 2 is 1.83 bits per heavy atom. The fourth-order valence-corrected chi connectivity index (χ4v) is 1.40. The first-order chi connectivity index (χ1) is 8.15. The van der Waals surface area contributed by atoms with Crippen LogP contribution in [0.5, 0.6) is 0 Å². The van der Waals surface area contributed by atoms with Gasteiger partial charge in [-0.25, -0.2) is 9.59 Å². The molecule has 0 radical (unpaired) electrons. The number of carbonyl (C=O) groups excluding carboxylic acids is 2. The van der Waals surface area contributed by atoms with Crippen LogP contribution in [0.15, 0.2) is 0 Å². The van der Waals surface area contributed by atoms with Gasteiger partial charge in [0.15, 0.2) is 6.07 Å². The summed E-state index contributed by atoms with van der Waals surface area (Å²) in [5, 5.41) is 2.50. The van der Waals surface area contributed by atoms with Crippen molar-refractivity contribution < 1.29 is 19.1 Å². The van der Waals surface area contributed by atoms with Crippen molar-refractivity contribution in [3.63, 3.8) is 0 Å². The van der Waals surface area contributed by atoms with Gasteiger partial charge in [0.05, 0.1) is 0 Å². The number of nitrogens with one attached hydrogen (secondary N) is 1. The fraction of sp³-hybridized carbons (Fsp3) is 0.833. The highest BCUT2D eigenvalue weighted by atomic mass is 35.5. The molecule has 0 aromatic heterocycles. The van der Waals surface area contributed by atoms with Crippen molar-refractivity contribution in [2.24, 2.45) is 5.92 Å². The van der Waals surface area contributed by atoms with E-state index in [1.165, 1.54) is 0 Å². The van der Waals surface area contributed by atoms with Gasteiger partial charge in [0.1, 0.15) is 11.6 Å². The second-order valence-corrected chi connectivity index (χ2v) is 5.62. The van der Waals surface area contributed by atoms with E-state index in [1.807, 2.05) is 13.8 Å². The van der Waals surface area contributed by atoms with E-state index in [0.717, 1.165) is 0 Å². The summed E-state index contributed by atoms with van der Waals surface area (Å²) in [6, 6.07) is -0.970. The third kappa shape index (κ3) is 8.17. The molecule has 1 N–H and O–H groups in total. The Kier molecular flexibility index (Phi) is 7.06. The molecule has 18 heavy (non-hydrogen) atoms. The molecule has 0 aliphatic rings. The van der Waals surface area contributed by atoms with E-state index in [-0.39, 0.29) is 12.0 Å². The number of halogens is 1. The smallest absolute Gasteiger partial charge is 0.408 e. The standard InChI is InChI=1S/C12H22ClNO4/c1-8(2)6-9(10(15)17-7-13)14-11(16)18-12(3,4)5/h8-9H,6-7H2,1-5H3,(H,14,16). The lowest BCUT2D eigenvalue weighted by Gasteiger charge is -2.23. The molecule has 0 fully saturated rings. The number of esters is 1. The summed E-state index contributed by atoms with van der Waals surface area (Å²) < 4.78 is 9.78. The van der Waals surface area contributed by atoms with Crippen LogP contribution in [0.1, 0.15) is 41.0 Å². The molecule has 5 nitrogen and oxygen atoms in total. The van der Waals surface area contributed by atoms with Crippen LogP contribution in [0, 0.1) is 5.92 Å². The van der Waals surface area contributed by atoms with Gasteiger partial charge in [0, 0.05) is 0 Å². The molecule has 0 aliphatic heterocycles. The zero-order valence-corrected chi connectivity index (χ0v) is 12.3. The molecule has 1 atom stereocenters. The quantitative estimate of drug-likeness (QED) is 0.621. The van der Waals surface area contributed by atoms with Gasteiger partial charge in [0.2, 0.25) is 0 Å². The second kappa shape index (κ2) is 7.46. The van der Waals surface area contributed by atoms with E-state index >= 15 is 0 Å². The van der Waals surface area contributed by atoms with Crippen LogP contribution >= 0.6 is 11.6 Å². The Morgan fingerprint density at radius 3 is 2.22 bits per heavy atom. The number of rotatable bonds is 5. The molecule has 0 rings (SSSR count). The minimum Gasteiger partial charge on any atom is -0.448 e. The maximum Gasteiger partial charge on any atom is 0.408 e. The molecule has 1 amide bonds. The summed E-state index contributed by atoms with van der Waals surface area (Å²) in [6.07, 6.45) is -0.172. The van der Waals surface area contributed by atoms with E-state index in [1.54, 1.807) is 20.8 Å². The third-order valence-corrected chi connectivity index (χ3v) is 1.99. The number of carbonyl (C=O) groups is 2. The Morgan fingerprint density at radius 1 is 1.28 bits per heavy atom. The van der Waals surface area contributed by atoms with Crippen molar-refractivity contribution in [2.75, 3.05) is 6.07 Å². The van der Waals surface area contributed by atoms with Gasteiger partial charge in [-0.2, -0.15) is 0 Å². The SMILES string of the molecule is CC(C)CC(NC(=O)OC(C)(C)C)C(=O)OCCl. The summed E-state index contributed by atoms with van der Waals surface area (Å²) in [7, 11) is 0. The van der Waals surface area contributed by atoms with Gasteiger partial charge in [-0.1, -0.05) is 25.4 Å². The van der Waals surface area contributed by atoms with Crippen molar-refractivity contribution >= 4 is 23.7 Å². The van der Waals surface area contributed by atoms with Gasteiger partial charge in [-0.15, -0.1) is 0 Å². The highest BCUT2D eigenvalue weighted by molar-refractivity contribution is 6.17. The largest absolute Gasteiger partial charge is 0.448 e. The van der Waals surface area contributed by atoms with Gasteiger partial charge in [-0.3, -0.25) is 0 Å². The van der Waals surface area contributed by atoms with Crippen LogP contribution in [0.4, 0.5) is 4.79 Å². The fourth-order valence-electron chi connectivity index (χ4n) is 1.29. The summed E-state index contributed by atoms with van der Waals surface area (Å²) in [5.41, 5.74) is -0.608. The number of alkyl carbamates (subject to hydrolysis) is 1. The lowest BCUT2D eigenvalue weighted by molar-refractivity contribution is -0.144. The monoisotopic (exact) mass is 279 g/mol. The van der Waals surface area contributed by atoms with Crippen LogP contribution in [-0.2, 0) is 14.3 Å². The van der Waals surface area contributed by atoms with E-state index in [4.69, 9.17) is 21.1 Å². The maximum absolute atomic E-state index is 11.6. The average molecular weight is 280 g/mol. The third-order valence-electron chi connectivity index (χ3n) is 1.88. The van der Waals surface area contributed by atoms with Crippen molar-refractivity contribution in [3.05, 3.63) is 0 Å². The maximum atomic E-state index is 11.6. The number of hydrogen-bond donors (Lipinski definition) is 1. The summed E-state index contributed by atoms with van der Waals surface area (Å²) in [5.74, 6) is -0.322. The molecular formula is C12H22ClNO4. The van der Waals surface area contributed by atoms with Crippen LogP contribution < -0.4 is 5.32 Å². The van der Waals surface area contributed by atoms with Gasteiger partial charge >= 0.3 is 12.1 Å². The first-order valence-corrected chi connectivity index (χ1v) is 6.41. The van der Waals surface area contributed by atoms with Crippen molar-refractivity contribution in [1.82, 2.24) is 5.32 Å². The molecule has 0 aliphatic carbocycles. The molecule has 0 heterocycles. The lowest BCUT2D eigenvalue weighted by Crippen LogP contribution is -2.44. The summed E-state index contributed by atoms with van der Waals surface area (Å²) in [4.78, 5) is 23.2. The van der Waals surface area contributed by atoms with E-state index < -0.39 is 23.7 Å². The molecule has 6 heteroatoms. The van der Waals surface area contributed by atoms with Gasteiger partial charge in [-0.05, 0) is 33.1 Å². The Bertz CT molecular complexity index is 286. The van der Waals surface area contributed by atoms with E-state index in [9.17, 15) is 9.59 Å². The summed E-state index contributed by atoms with van der Waals surface area (Å²) in [6.45, 7) is 9.14. The molecule has 0 spiro atoms. The molecule has 106 valence electrons. The molecule has 0 bridgehead atoms. The first-order valence-electron chi connectivity index (χ1n) is 5.88.